The number of amides is 3. The van der Waals surface area contributed by atoms with Gasteiger partial charge in [-0.25, -0.2) is 4.39 Å². The van der Waals surface area contributed by atoms with E-state index in [1.54, 1.807) is 6.92 Å². The van der Waals surface area contributed by atoms with Crippen LogP contribution in [0.25, 0.3) is 0 Å². The summed E-state index contributed by atoms with van der Waals surface area (Å²) in [7, 11) is 0. The highest BCUT2D eigenvalue weighted by molar-refractivity contribution is 8.01. The van der Waals surface area contributed by atoms with Gasteiger partial charge in [-0.05, 0) is 62.2 Å². The maximum absolute atomic E-state index is 13.0. The zero-order chi connectivity index (χ0) is 23.8. The number of primary amides is 1. The fourth-order valence-corrected chi connectivity index (χ4v) is 4.38. The number of likely N-dealkylation sites (tertiary alicyclic amines) is 1. The molecule has 0 bridgehead atoms. The fourth-order valence-electron chi connectivity index (χ4n) is 3.69. The van der Waals surface area contributed by atoms with Gasteiger partial charge in [0.25, 0.3) is 0 Å². The zero-order valence-corrected chi connectivity index (χ0v) is 19.4. The lowest BCUT2D eigenvalue weighted by Crippen LogP contribution is -2.40. The number of carbonyl (C=O) groups excluding carboxylic acids is 3. The second kappa shape index (κ2) is 11.8. The Kier molecular flexibility index (Phi) is 8.85. The van der Waals surface area contributed by atoms with E-state index in [1.807, 2.05) is 24.3 Å². The molecule has 1 saturated heterocycles. The number of carbonyl (C=O) groups is 3. The van der Waals surface area contributed by atoms with Crippen LogP contribution in [0.15, 0.2) is 48.5 Å². The molecule has 2 aromatic rings. The number of anilines is 2. The van der Waals surface area contributed by atoms with Gasteiger partial charge in [-0.3, -0.25) is 19.3 Å². The molecule has 0 aromatic heterocycles. The van der Waals surface area contributed by atoms with E-state index in [0.717, 1.165) is 24.9 Å². The molecule has 33 heavy (non-hydrogen) atoms. The molecule has 9 heteroatoms. The maximum Gasteiger partial charge on any atom is 0.237 e. The molecule has 0 radical (unpaired) electrons. The van der Waals surface area contributed by atoms with Gasteiger partial charge in [-0.15, -0.1) is 11.8 Å². The van der Waals surface area contributed by atoms with E-state index >= 15 is 0 Å². The monoisotopic (exact) mass is 472 g/mol. The largest absolute Gasteiger partial charge is 0.369 e. The fraction of sp³-hybridized carbons (Fsp3) is 0.375. The lowest BCUT2D eigenvalue weighted by Gasteiger charge is -2.31. The van der Waals surface area contributed by atoms with Crippen molar-refractivity contribution in [2.45, 2.75) is 31.6 Å². The summed E-state index contributed by atoms with van der Waals surface area (Å²) in [5.74, 6) is -1.15. The minimum Gasteiger partial charge on any atom is -0.369 e. The first-order valence-corrected chi connectivity index (χ1v) is 11.9. The molecule has 3 rings (SSSR count). The van der Waals surface area contributed by atoms with Crippen LogP contribution in [0, 0.1) is 11.7 Å². The number of hydrogen-bond acceptors (Lipinski definition) is 5. The SMILES string of the molecule is CC(SCC(=O)Nc1ccc(F)cc1)C(=O)Nc1ccccc1CN1CCCC(C(N)=O)C1. The van der Waals surface area contributed by atoms with Crippen LogP contribution >= 0.6 is 11.8 Å². The summed E-state index contributed by atoms with van der Waals surface area (Å²) in [5.41, 5.74) is 7.66. The highest BCUT2D eigenvalue weighted by Gasteiger charge is 2.24. The van der Waals surface area contributed by atoms with Gasteiger partial charge in [-0.1, -0.05) is 18.2 Å². The summed E-state index contributed by atoms with van der Waals surface area (Å²) in [6.45, 7) is 3.85. The molecule has 1 fully saturated rings. The standard InChI is InChI=1S/C24H29FN4O3S/c1-16(33-15-22(30)27-20-10-8-19(25)9-11-20)24(32)28-21-7-3-2-5-17(21)13-29-12-4-6-18(14-29)23(26)31/h2-3,5,7-11,16,18H,4,6,12-15H2,1H3,(H2,26,31)(H,27,30)(H,28,32). The first-order chi connectivity index (χ1) is 15.8. The minimum absolute atomic E-state index is 0.0931. The Balaban J connectivity index is 1.51. The van der Waals surface area contributed by atoms with Gasteiger partial charge in [0.05, 0.1) is 16.9 Å². The van der Waals surface area contributed by atoms with Crippen molar-refractivity contribution in [2.24, 2.45) is 11.7 Å². The molecule has 1 aliphatic heterocycles. The predicted octanol–water partition coefficient (Wildman–Crippen LogP) is 3.22. The van der Waals surface area contributed by atoms with Crippen molar-refractivity contribution in [3.8, 4) is 0 Å². The molecule has 7 nitrogen and oxygen atoms in total. The predicted molar refractivity (Wildman–Crippen MR) is 129 cm³/mol. The van der Waals surface area contributed by atoms with Crippen LogP contribution in [0.4, 0.5) is 15.8 Å². The average molecular weight is 473 g/mol. The van der Waals surface area contributed by atoms with Crippen LogP contribution in [-0.2, 0) is 20.9 Å². The molecule has 4 N–H and O–H groups in total. The Hall–Kier alpha value is -2.91. The number of halogens is 1. The number of benzene rings is 2. The molecule has 176 valence electrons. The summed E-state index contributed by atoms with van der Waals surface area (Å²) in [4.78, 5) is 38.6. The van der Waals surface area contributed by atoms with E-state index in [9.17, 15) is 18.8 Å². The highest BCUT2D eigenvalue weighted by atomic mass is 32.2. The first-order valence-electron chi connectivity index (χ1n) is 10.9. The van der Waals surface area contributed by atoms with Gasteiger partial charge in [0.2, 0.25) is 17.7 Å². The number of para-hydroxylation sites is 1. The Morgan fingerprint density at radius 3 is 2.61 bits per heavy atom. The summed E-state index contributed by atoms with van der Waals surface area (Å²) in [5, 5.41) is 5.19. The third-order valence-corrected chi connectivity index (χ3v) is 6.68. The third kappa shape index (κ3) is 7.57. The van der Waals surface area contributed by atoms with Gasteiger partial charge < -0.3 is 16.4 Å². The van der Waals surface area contributed by atoms with Crippen LogP contribution in [-0.4, -0.2) is 46.7 Å². The molecule has 0 saturated carbocycles. The van der Waals surface area contributed by atoms with E-state index < -0.39 is 5.25 Å². The Bertz CT molecular complexity index is 986. The lowest BCUT2D eigenvalue weighted by atomic mass is 9.97. The van der Waals surface area contributed by atoms with E-state index in [-0.39, 0.29) is 35.2 Å². The number of nitrogens with one attached hydrogen (secondary N) is 2. The number of nitrogens with zero attached hydrogens (tertiary/aromatic N) is 1. The topological polar surface area (TPSA) is 105 Å². The molecule has 3 amide bonds. The molecule has 2 unspecified atom stereocenters. The highest BCUT2D eigenvalue weighted by Crippen LogP contribution is 2.23. The molecule has 0 aliphatic carbocycles. The van der Waals surface area contributed by atoms with E-state index in [1.165, 1.54) is 36.0 Å². The van der Waals surface area contributed by atoms with Crippen molar-refractivity contribution in [2.75, 3.05) is 29.5 Å². The summed E-state index contributed by atoms with van der Waals surface area (Å²) >= 11 is 1.22. The van der Waals surface area contributed by atoms with Gasteiger partial charge in [0, 0.05) is 24.5 Å². The number of nitrogens with two attached hydrogens (primary N) is 1. The normalized spacial score (nSPS) is 17.2. The number of thioether (sulfide) groups is 1. The van der Waals surface area contributed by atoms with Crippen molar-refractivity contribution >= 4 is 40.9 Å². The Morgan fingerprint density at radius 1 is 1.15 bits per heavy atom. The third-order valence-electron chi connectivity index (χ3n) is 5.54. The first kappa shape index (κ1) is 24.7. The molecule has 2 atom stereocenters. The van der Waals surface area contributed by atoms with Crippen LogP contribution in [0.3, 0.4) is 0 Å². The second-order valence-corrected chi connectivity index (χ2v) is 9.46. The van der Waals surface area contributed by atoms with Crippen LogP contribution in [0.1, 0.15) is 25.3 Å². The van der Waals surface area contributed by atoms with Crippen LogP contribution in [0.5, 0.6) is 0 Å². The van der Waals surface area contributed by atoms with Crippen molar-refractivity contribution in [1.82, 2.24) is 4.90 Å². The summed E-state index contributed by atoms with van der Waals surface area (Å²) < 4.78 is 13.0. The van der Waals surface area contributed by atoms with Crippen molar-refractivity contribution in [3.63, 3.8) is 0 Å². The quantitative estimate of drug-likeness (QED) is 0.520. The second-order valence-electron chi connectivity index (χ2n) is 8.13. The summed E-state index contributed by atoms with van der Waals surface area (Å²) in [6.07, 6.45) is 1.73. The lowest BCUT2D eigenvalue weighted by molar-refractivity contribution is -0.123. The smallest absolute Gasteiger partial charge is 0.237 e. The van der Waals surface area contributed by atoms with E-state index in [0.29, 0.717) is 24.5 Å². The molecular weight excluding hydrogens is 443 g/mol. The number of rotatable bonds is 9. The number of hydrogen-bond donors (Lipinski definition) is 3. The Morgan fingerprint density at radius 2 is 1.88 bits per heavy atom. The molecule has 2 aromatic carbocycles. The van der Waals surface area contributed by atoms with Crippen molar-refractivity contribution in [1.29, 1.82) is 0 Å². The average Bonchev–Trinajstić information content (AvgIpc) is 2.80. The minimum atomic E-state index is -0.453. The molecular formula is C24H29FN4O3S. The molecule has 1 heterocycles. The molecule has 1 aliphatic rings. The summed E-state index contributed by atoms with van der Waals surface area (Å²) in [6, 6.07) is 13.1. The van der Waals surface area contributed by atoms with E-state index in [2.05, 4.69) is 15.5 Å². The molecule has 0 spiro atoms. The maximum atomic E-state index is 13.0. The van der Waals surface area contributed by atoms with Gasteiger partial charge >= 0.3 is 0 Å². The van der Waals surface area contributed by atoms with Crippen LogP contribution in [0.2, 0.25) is 0 Å². The van der Waals surface area contributed by atoms with Gasteiger partial charge in [0.15, 0.2) is 0 Å². The zero-order valence-electron chi connectivity index (χ0n) is 18.6. The van der Waals surface area contributed by atoms with Crippen molar-refractivity contribution < 1.29 is 18.8 Å². The van der Waals surface area contributed by atoms with Crippen molar-refractivity contribution in [3.05, 3.63) is 59.9 Å². The van der Waals surface area contributed by atoms with E-state index in [4.69, 9.17) is 5.73 Å². The Labute approximate surface area is 197 Å². The number of piperidine rings is 1. The van der Waals surface area contributed by atoms with Gasteiger partial charge in [-0.2, -0.15) is 0 Å². The van der Waals surface area contributed by atoms with Gasteiger partial charge in [0.1, 0.15) is 5.82 Å². The van der Waals surface area contributed by atoms with Crippen LogP contribution < -0.4 is 16.4 Å².